The van der Waals surface area contributed by atoms with E-state index < -0.39 is 0 Å². The van der Waals surface area contributed by atoms with Crippen LogP contribution in [0.4, 0.5) is 0 Å². The minimum absolute atomic E-state index is 0. The van der Waals surface area contributed by atoms with Gasteiger partial charge in [0, 0.05) is 36.1 Å². The molecule has 0 N–H and O–H groups in total. The maximum absolute atomic E-state index is 4.12. The van der Waals surface area contributed by atoms with Gasteiger partial charge < -0.3 is 0 Å². The molecular formula is C12H12NiS4. The molecule has 94 valence electrons. The van der Waals surface area contributed by atoms with Gasteiger partial charge in [0.2, 0.25) is 0 Å². The summed E-state index contributed by atoms with van der Waals surface area (Å²) in [7, 11) is 0. The van der Waals surface area contributed by atoms with Crippen molar-refractivity contribution in [3.8, 4) is 0 Å². The zero-order chi connectivity index (χ0) is 12.0. The molecule has 0 fully saturated rings. The summed E-state index contributed by atoms with van der Waals surface area (Å²) >= 11 is 16.5. The van der Waals surface area contributed by atoms with Gasteiger partial charge in [-0.1, -0.05) is 24.3 Å². The van der Waals surface area contributed by atoms with Crippen LogP contribution in [0.5, 0.6) is 0 Å². The molecule has 0 aliphatic carbocycles. The average molecular weight is 343 g/mol. The second kappa shape index (κ2) is 9.29. The van der Waals surface area contributed by atoms with Crippen molar-refractivity contribution in [3.05, 3.63) is 48.5 Å². The Morgan fingerprint density at radius 2 is 0.647 bits per heavy atom. The molecule has 0 aliphatic rings. The molecule has 0 saturated carbocycles. The molecule has 0 heterocycles. The Labute approximate surface area is 134 Å². The molecule has 2 rings (SSSR count). The van der Waals surface area contributed by atoms with E-state index in [1.54, 1.807) is 0 Å². The van der Waals surface area contributed by atoms with Crippen molar-refractivity contribution in [1.29, 1.82) is 0 Å². The van der Waals surface area contributed by atoms with E-state index in [0.717, 1.165) is 19.6 Å². The van der Waals surface area contributed by atoms with Gasteiger partial charge in [-0.05, 0) is 24.3 Å². The van der Waals surface area contributed by atoms with Gasteiger partial charge in [-0.3, -0.25) is 0 Å². The Morgan fingerprint density at radius 1 is 0.471 bits per heavy atom. The van der Waals surface area contributed by atoms with E-state index in [9.17, 15) is 0 Å². The minimum atomic E-state index is 0. The fraction of sp³-hybridized carbons (Fsp3) is 0. The molecule has 0 amide bonds. The molecule has 0 bridgehead atoms. The van der Waals surface area contributed by atoms with E-state index in [-0.39, 0.29) is 16.5 Å². The normalized spacial score (nSPS) is 8.71. The van der Waals surface area contributed by atoms with Crippen molar-refractivity contribution in [2.75, 3.05) is 0 Å². The molecule has 5 heteroatoms. The zero-order valence-electron chi connectivity index (χ0n) is 8.72. The van der Waals surface area contributed by atoms with E-state index in [1.165, 1.54) is 0 Å². The molecule has 0 nitrogen and oxygen atoms in total. The summed E-state index contributed by atoms with van der Waals surface area (Å²) in [4.78, 5) is 3.71. The van der Waals surface area contributed by atoms with Crippen LogP contribution in [0.25, 0.3) is 0 Å². The Balaban J connectivity index is 0.000000284. The molecule has 17 heavy (non-hydrogen) atoms. The SMILES string of the molecule is Sc1ccccc1S.Sc1ccccc1S.[Ni]. The van der Waals surface area contributed by atoms with Gasteiger partial charge in [0.1, 0.15) is 0 Å². The maximum atomic E-state index is 4.12. The van der Waals surface area contributed by atoms with Gasteiger partial charge in [-0.15, -0.1) is 50.5 Å². The van der Waals surface area contributed by atoms with Crippen LogP contribution in [0.2, 0.25) is 0 Å². The number of hydrogen-bond donors (Lipinski definition) is 4. The third-order valence-electron chi connectivity index (χ3n) is 1.76. The maximum Gasteiger partial charge on any atom is 0.0174 e. The van der Waals surface area contributed by atoms with Crippen molar-refractivity contribution >= 4 is 50.5 Å². The van der Waals surface area contributed by atoms with E-state index >= 15 is 0 Å². The van der Waals surface area contributed by atoms with Gasteiger partial charge in [0.05, 0.1) is 0 Å². The van der Waals surface area contributed by atoms with Crippen molar-refractivity contribution in [2.45, 2.75) is 19.6 Å². The second-order valence-electron chi connectivity index (χ2n) is 2.98. The monoisotopic (exact) mass is 342 g/mol. The molecule has 0 aliphatic heterocycles. The Hall–Kier alpha value is 0.334. The van der Waals surface area contributed by atoms with Gasteiger partial charge in [0.25, 0.3) is 0 Å². The van der Waals surface area contributed by atoms with E-state index in [0.29, 0.717) is 0 Å². The second-order valence-corrected chi connectivity index (χ2v) is 4.90. The molecule has 0 atom stereocenters. The van der Waals surface area contributed by atoms with Crippen LogP contribution in [0.3, 0.4) is 0 Å². The summed E-state index contributed by atoms with van der Waals surface area (Å²) in [5.74, 6) is 0. The number of hydrogen-bond acceptors (Lipinski definition) is 4. The van der Waals surface area contributed by atoms with E-state index in [2.05, 4.69) is 50.5 Å². The Bertz CT molecular complexity index is 374. The van der Waals surface area contributed by atoms with E-state index in [4.69, 9.17) is 0 Å². The molecule has 2 aromatic carbocycles. The predicted octanol–water partition coefficient (Wildman–Crippen LogP) is 4.53. The van der Waals surface area contributed by atoms with Crippen molar-refractivity contribution in [2.24, 2.45) is 0 Å². The van der Waals surface area contributed by atoms with Crippen LogP contribution in [0.1, 0.15) is 0 Å². The van der Waals surface area contributed by atoms with Gasteiger partial charge in [-0.2, -0.15) is 0 Å². The van der Waals surface area contributed by atoms with Crippen LogP contribution in [-0.4, -0.2) is 0 Å². The summed E-state index contributed by atoms with van der Waals surface area (Å²) in [6.45, 7) is 0. The van der Waals surface area contributed by atoms with Gasteiger partial charge in [-0.25, -0.2) is 0 Å². The molecule has 0 aromatic heterocycles. The first-order valence-corrected chi connectivity index (χ1v) is 6.34. The van der Waals surface area contributed by atoms with Crippen LogP contribution in [-0.2, 0) is 16.5 Å². The summed E-state index contributed by atoms with van der Waals surface area (Å²) < 4.78 is 0. The zero-order valence-corrected chi connectivity index (χ0v) is 13.3. The third-order valence-corrected chi connectivity index (χ3v) is 3.68. The third kappa shape index (κ3) is 6.73. The van der Waals surface area contributed by atoms with Crippen LogP contribution in [0.15, 0.2) is 68.1 Å². The number of thiol groups is 4. The topological polar surface area (TPSA) is 0 Å². The summed E-state index contributed by atoms with van der Waals surface area (Å²) in [6, 6.07) is 15.4. The number of rotatable bonds is 0. The molecule has 0 saturated heterocycles. The van der Waals surface area contributed by atoms with Gasteiger partial charge in [0.15, 0.2) is 0 Å². The fourth-order valence-corrected chi connectivity index (χ4v) is 1.57. The molecule has 0 unspecified atom stereocenters. The summed E-state index contributed by atoms with van der Waals surface area (Å²) in [5, 5.41) is 0. The molecule has 2 aromatic rings. The Morgan fingerprint density at radius 3 is 0.765 bits per heavy atom. The van der Waals surface area contributed by atoms with Crippen LogP contribution < -0.4 is 0 Å². The van der Waals surface area contributed by atoms with Crippen molar-refractivity contribution in [1.82, 2.24) is 0 Å². The van der Waals surface area contributed by atoms with Crippen molar-refractivity contribution in [3.63, 3.8) is 0 Å². The Kier molecular flexibility index (Phi) is 9.47. The average Bonchev–Trinajstić information content (AvgIpc) is 2.28. The van der Waals surface area contributed by atoms with Gasteiger partial charge >= 0.3 is 0 Å². The summed E-state index contributed by atoms with van der Waals surface area (Å²) in [5.41, 5.74) is 0. The first kappa shape index (κ1) is 17.3. The fourth-order valence-electron chi connectivity index (χ4n) is 0.928. The first-order chi connectivity index (χ1) is 7.61. The van der Waals surface area contributed by atoms with E-state index in [1.807, 2.05) is 48.5 Å². The molecule has 0 radical (unpaired) electrons. The first-order valence-electron chi connectivity index (χ1n) is 4.55. The summed E-state index contributed by atoms with van der Waals surface area (Å²) in [6.07, 6.45) is 0. The largest absolute Gasteiger partial charge is 0.142 e. The molecular weight excluding hydrogens is 331 g/mol. The predicted molar refractivity (Wildman–Crippen MR) is 81.9 cm³/mol. The standard InChI is InChI=1S/2C6H6S2.Ni/c2*7-5-3-1-2-4-6(5)8;/h2*1-4,7-8H;. The minimum Gasteiger partial charge on any atom is -0.142 e. The van der Waals surface area contributed by atoms with Crippen molar-refractivity contribution < 1.29 is 16.5 Å². The quantitative estimate of drug-likeness (QED) is 0.392. The molecule has 0 spiro atoms. The van der Waals surface area contributed by atoms with Crippen LogP contribution >= 0.6 is 50.5 Å². The number of benzene rings is 2. The van der Waals surface area contributed by atoms with Crippen LogP contribution in [0, 0.1) is 0 Å². The smallest absolute Gasteiger partial charge is 0.0174 e.